The van der Waals surface area contributed by atoms with Crippen LogP contribution in [0.4, 0.5) is 0 Å². The highest BCUT2D eigenvalue weighted by atomic mass is 15.4. The Balaban J connectivity index is 1.39. The molecular weight excluding hydrogens is 272 g/mol. The van der Waals surface area contributed by atoms with E-state index in [1.807, 2.05) is 0 Å². The van der Waals surface area contributed by atoms with Crippen LogP contribution in [-0.4, -0.2) is 43.7 Å². The molecule has 122 valence electrons. The number of hydrazine groups is 1. The standard InChI is InChI=1S/C18H30N4/c1-15-18(12-20-21-15)11-19-10-17-8-5-9-22(14-17)13-16-6-3-2-4-7-16/h2-4,6-7,15,17-21H,5,8-14H2,1H3. The van der Waals surface area contributed by atoms with Crippen molar-refractivity contribution in [3.05, 3.63) is 35.9 Å². The van der Waals surface area contributed by atoms with Crippen molar-refractivity contribution < 1.29 is 0 Å². The second-order valence-electron chi connectivity index (χ2n) is 6.96. The molecule has 4 heteroatoms. The maximum absolute atomic E-state index is 3.71. The van der Waals surface area contributed by atoms with Crippen LogP contribution in [0.15, 0.2) is 30.3 Å². The van der Waals surface area contributed by atoms with Crippen LogP contribution in [0, 0.1) is 11.8 Å². The van der Waals surface area contributed by atoms with Crippen LogP contribution in [0.5, 0.6) is 0 Å². The van der Waals surface area contributed by atoms with E-state index in [2.05, 4.69) is 58.3 Å². The largest absolute Gasteiger partial charge is 0.316 e. The number of benzene rings is 1. The SMILES string of the molecule is CC1NNCC1CNCC1CCCN(Cc2ccccc2)C1. The van der Waals surface area contributed by atoms with Crippen molar-refractivity contribution in [2.45, 2.75) is 32.4 Å². The molecular formula is C18H30N4. The molecule has 2 heterocycles. The lowest BCUT2D eigenvalue weighted by molar-refractivity contribution is 0.164. The summed E-state index contributed by atoms with van der Waals surface area (Å²) in [6, 6.07) is 11.4. The Morgan fingerprint density at radius 3 is 2.86 bits per heavy atom. The van der Waals surface area contributed by atoms with Gasteiger partial charge in [0, 0.05) is 38.1 Å². The zero-order valence-corrected chi connectivity index (χ0v) is 13.7. The third kappa shape index (κ3) is 4.53. The number of rotatable bonds is 6. The van der Waals surface area contributed by atoms with Gasteiger partial charge in [0.05, 0.1) is 0 Å². The Morgan fingerprint density at radius 1 is 1.23 bits per heavy atom. The van der Waals surface area contributed by atoms with Gasteiger partial charge >= 0.3 is 0 Å². The molecule has 3 N–H and O–H groups in total. The average Bonchev–Trinajstić information content (AvgIpc) is 2.94. The summed E-state index contributed by atoms with van der Waals surface area (Å²) in [7, 11) is 0. The van der Waals surface area contributed by atoms with Crippen molar-refractivity contribution in [2.24, 2.45) is 11.8 Å². The number of nitrogens with zero attached hydrogens (tertiary/aromatic N) is 1. The summed E-state index contributed by atoms with van der Waals surface area (Å²) in [4.78, 5) is 2.62. The van der Waals surface area contributed by atoms with Crippen molar-refractivity contribution in [3.63, 3.8) is 0 Å². The van der Waals surface area contributed by atoms with Crippen LogP contribution in [0.25, 0.3) is 0 Å². The van der Waals surface area contributed by atoms with Crippen LogP contribution < -0.4 is 16.2 Å². The predicted molar refractivity (Wildman–Crippen MR) is 91.4 cm³/mol. The first-order chi connectivity index (χ1) is 10.8. The lowest BCUT2D eigenvalue weighted by atomic mass is 9.97. The predicted octanol–water partition coefficient (Wildman–Crippen LogP) is 1.60. The molecule has 0 saturated carbocycles. The number of hydrogen-bond donors (Lipinski definition) is 3. The van der Waals surface area contributed by atoms with Crippen LogP contribution in [-0.2, 0) is 6.54 Å². The van der Waals surface area contributed by atoms with Gasteiger partial charge in [-0.25, -0.2) is 0 Å². The number of likely N-dealkylation sites (tertiary alicyclic amines) is 1. The second-order valence-corrected chi connectivity index (χ2v) is 6.96. The Labute approximate surface area is 134 Å². The smallest absolute Gasteiger partial charge is 0.0237 e. The van der Waals surface area contributed by atoms with E-state index in [9.17, 15) is 0 Å². The van der Waals surface area contributed by atoms with E-state index in [4.69, 9.17) is 0 Å². The van der Waals surface area contributed by atoms with Gasteiger partial charge in [-0.1, -0.05) is 30.3 Å². The summed E-state index contributed by atoms with van der Waals surface area (Å²) >= 11 is 0. The molecule has 0 amide bonds. The van der Waals surface area contributed by atoms with E-state index in [-0.39, 0.29) is 0 Å². The van der Waals surface area contributed by atoms with Gasteiger partial charge in [-0.15, -0.1) is 0 Å². The Morgan fingerprint density at radius 2 is 2.09 bits per heavy atom. The molecule has 2 saturated heterocycles. The van der Waals surface area contributed by atoms with Crippen molar-refractivity contribution in [2.75, 3.05) is 32.7 Å². The number of nitrogens with one attached hydrogen (secondary N) is 3. The molecule has 3 atom stereocenters. The average molecular weight is 302 g/mol. The zero-order chi connectivity index (χ0) is 15.2. The minimum Gasteiger partial charge on any atom is -0.316 e. The fourth-order valence-electron chi connectivity index (χ4n) is 3.67. The summed E-state index contributed by atoms with van der Waals surface area (Å²) < 4.78 is 0. The van der Waals surface area contributed by atoms with E-state index in [1.165, 1.54) is 31.5 Å². The van der Waals surface area contributed by atoms with Crippen molar-refractivity contribution in [1.29, 1.82) is 0 Å². The summed E-state index contributed by atoms with van der Waals surface area (Å²) in [5, 5.41) is 3.71. The van der Waals surface area contributed by atoms with Gasteiger partial charge in [0.2, 0.25) is 0 Å². The summed E-state index contributed by atoms with van der Waals surface area (Å²) in [5.41, 5.74) is 7.98. The van der Waals surface area contributed by atoms with Gasteiger partial charge in [-0.3, -0.25) is 15.8 Å². The minimum atomic E-state index is 0.577. The molecule has 2 fully saturated rings. The lowest BCUT2D eigenvalue weighted by Crippen LogP contribution is -2.41. The van der Waals surface area contributed by atoms with Crippen LogP contribution >= 0.6 is 0 Å². The van der Waals surface area contributed by atoms with Crippen LogP contribution in [0.3, 0.4) is 0 Å². The van der Waals surface area contributed by atoms with E-state index in [0.717, 1.165) is 32.1 Å². The molecule has 3 unspecified atom stereocenters. The van der Waals surface area contributed by atoms with E-state index in [0.29, 0.717) is 12.0 Å². The van der Waals surface area contributed by atoms with Crippen molar-refractivity contribution in [3.8, 4) is 0 Å². The fourth-order valence-corrected chi connectivity index (χ4v) is 3.67. The molecule has 0 spiro atoms. The molecule has 2 aliphatic heterocycles. The van der Waals surface area contributed by atoms with Crippen molar-refractivity contribution >= 4 is 0 Å². The van der Waals surface area contributed by atoms with Crippen LogP contribution in [0.2, 0.25) is 0 Å². The quantitative estimate of drug-likeness (QED) is 0.746. The van der Waals surface area contributed by atoms with Gasteiger partial charge in [0.15, 0.2) is 0 Å². The first-order valence-electron chi connectivity index (χ1n) is 8.76. The third-order valence-electron chi connectivity index (χ3n) is 5.09. The Kier molecular flexibility index (Phi) is 5.84. The monoisotopic (exact) mass is 302 g/mol. The lowest BCUT2D eigenvalue weighted by Gasteiger charge is -2.33. The summed E-state index contributed by atoms with van der Waals surface area (Å²) in [5.74, 6) is 1.51. The van der Waals surface area contributed by atoms with E-state index >= 15 is 0 Å². The maximum Gasteiger partial charge on any atom is 0.0237 e. The molecule has 4 nitrogen and oxygen atoms in total. The second kappa shape index (κ2) is 8.06. The highest BCUT2D eigenvalue weighted by Crippen LogP contribution is 2.18. The minimum absolute atomic E-state index is 0.577. The maximum atomic E-state index is 3.71. The molecule has 1 aromatic carbocycles. The first-order valence-corrected chi connectivity index (χ1v) is 8.76. The molecule has 3 rings (SSSR count). The Hall–Kier alpha value is -0.940. The fraction of sp³-hybridized carbons (Fsp3) is 0.667. The molecule has 0 aromatic heterocycles. The number of hydrogen-bond acceptors (Lipinski definition) is 4. The highest BCUT2D eigenvalue weighted by Gasteiger charge is 2.23. The molecule has 0 radical (unpaired) electrons. The van der Waals surface area contributed by atoms with E-state index < -0.39 is 0 Å². The van der Waals surface area contributed by atoms with Crippen LogP contribution in [0.1, 0.15) is 25.3 Å². The van der Waals surface area contributed by atoms with Gasteiger partial charge in [0.25, 0.3) is 0 Å². The molecule has 22 heavy (non-hydrogen) atoms. The number of piperidine rings is 1. The van der Waals surface area contributed by atoms with Gasteiger partial charge in [0.1, 0.15) is 0 Å². The van der Waals surface area contributed by atoms with Gasteiger partial charge in [-0.2, -0.15) is 0 Å². The summed E-state index contributed by atoms with van der Waals surface area (Å²) in [6.45, 7) is 9.21. The normalized spacial score (nSPS) is 29.8. The molecule has 0 bridgehead atoms. The van der Waals surface area contributed by atoms with E-state index in [1.54, 1.807) is 0 Å². The zero-order valence-electron chi connectivity index (χ0n) is 13.7. The molecule has 0 aliphatic carbocycles. The van der Waals surface area contributed by atoms with Gasteiger partial charge < -0.3 is 5.32 Å². The Bertz CT molecular complexity index is 436. The highest BCUT2D eigenvalue weighted by molar-refractivity contribution is 5.14. The molecule has 2 aliphatic rings. The summed E-state index contributed by atoms with van der Waals surface area (Å²) in [6.07, 6.45) is 2.71. The molecule has 1 aromatic rings. The topological polar surface area (TPSA) is 39.3 Å². The van der Waals surface area contributed by atoms with Crippen molar-refractivity contribution in [1.82, 2.24) is 21.1 Å². The third-order valence-corrected chi connectivity index (χ3v) is 5.09. The van der Waals surface area contributed by atoms with Gasteiger partial charge in [-0.05, 0) is 44.3 Å². The first kappa shape index (κ1) is 15.9.